The van der Waals surface area contributed by atoms with Gasteiger partial charge in [-0.25, -0.2) is 0 Å². The fourth-order valence-electron chi connectivity index (χ4n) is 3.53. The Morgan fingerprint density at radius 1 is 1.00 bits per heavy atom. The van der Waals surface area contributed by atoms with Crippen LogP contribution in [0.1, 0.15) is 47.6 Å². The number of aryl methyl sites for hydroxylation is 2. The van der Waals surface area contributed by atoms with Crippen LogP contribution in [0, 0.1) is 13.8 Å². The van der Waals surface area contributed by atoms with E-state index in [1.54, 1.807) is 0 Å². The molecule has 2 nitrogen and oxygen atoms in total. The first-order chi connectivity index (χ1) is 11.1. The standard InChI is InChI=1S/C20H22BrNO/c1-14-8-7-9-15(2)19(14)20(16-10-3-4-11-17(16)21)22-13-6-5-12-18(22)23/h3-4,7-11,20H,5-6,12-13H2,1-2H3. The second kappa shape index (κ2) is 6.88. The summed E-state index contributed by atoms with van der Waals surface area (Å²) >= 11 is 3.69. The zero-order valence-corrected chi connectivity index (χ0v) is 15.3. The Morgan fingerprint density at radius 2 is 1.70 bits per heavy atom. The molecule has 0 radical (unpaired) electrons. The van der Waals surface area contributed by atoms with Crippen LogP contribution < -0.4 is 0 Å². The molecular formula is C20H22BrNO. The van der Waals surface area contributed by atoms with Gasteiger partial charge in [0.25, 0.3) is 0 Å². The van der Waals surface area contributed by atoms with Crippen LogP contribution in [0.25, 0.3) is 0 Å². The number of carbonyl (C=O) groups is 1. The molecular weight excluding hydrogens is 350 g/mol. The lowest BCUT2D eigenvalue weighted by Crippen LogP contribution is -2.39. The maximum absolute atomic E-state index is 12.6. The number of benzene rings is 2. The molecule has 1 atom stereocenters. The summed E-state index contributed by atoms with van der Waals surface area (Å²) in [4.78, 5) is 14.7. The number of rotatable bonds is 3. The first-order valence-electron chi connectivity index (χ1n) is 8.19. The van der Waals surface area contributed by atoms with Gasteiger partial charge in [-0.05, 0) is 55.0 Å². The van der Waals surface area contributed by atoms with Gasteiger partial charge in [0.1, 0.15) is 0 Å². The lowest BCUT2D eigenvalue weighted by molar-refractivity contribution is -0.135. The monoisotopic (exact) mass is 371 g/mol. The van der Waals surface area contributed by atoms with E-state index in [-0.39, 0.29) is 11.9 Å². The summed E-state index contributed by atoms with van der Waals surface area (Å²) in [6.07, 6.45) is 2.74. The number of carbonyl (C=O) groups excluding carboxylic acids is 1. The van der Waals surface area contributed by atoms with E-state index >= 15 is 0 Å². The van der Waals surface area contributed by atoms with Crippen LogP contribution >= 0.6 is 15.9 Å². The van der Waals surface area contributed by atoms with Gasteiger partial charge < -0.3 is 4.90 Å². The van der Waals surface area contributed by atoms with E-state index in [1.807, 2.05) is 6.07 Å². The van der Waals surface area contributed by atoms with Crippen molar-refractivity contribution in [2.75, 3.05) is 6.54 Å². The molecule has 1 heterocycles. The summed E-state index contributed by atoms with van der Waals surface area (Å²) in [5, 5.41) is 0. The van der Waals surface area contributed by atoms with Crippen molar-refractivity contribution in [3.63, 3.8) is 0 Å². The van der Waals surface area contributed by atoms with Crippen molar-refractivity contribution in [3.05, 3.63) is 69.2 Å². The van der Waals surface area contributed by atoms with E-state index in [1.165, 1.54) is 22.3 Å². The van der Waals surface area contributed by atoms with Crippen molar-refractivity contribution < 1.29 is 4.79 Å². The second-order valence-electron chi connectivity index (χ2n) is 6.27. The zero-order chi connectivity index (χ0) is 16.4. The minimum absolute atomic E-state index is 0.0143. The summed E-state index contributed by atoms with van der Waals surface area (Å²) in [6, 6.07) is 14.6. The number of hydrogen-bond donors (Lipinski definition) is 0. The van der Waals surface area contributed by atoms with Gasteiger partial charge in [0.15, 0.2) is 0 Å². The van der Waals surface area contributed by atoms with E-state index in [0.717, 1.165) is 23.9 Å². The van der Waals surface area contributed by atoms with Gasteiger partial charge in [-0.3, -0.25) is 4.79 Å². The largest absolute Gasteiger partial charge is 0.331 e. The summed E-state index contributed by atoms with van der Waals surface area (Å²) < 4.78 is 1.06. The van der Waals surface area contributed by atoms with E-state index in [2.05, 4.69) is 71.1 Å². The Morgan fingerprint density at radius 3 is 2.35 bits per heavy atom. The first kappa shape index (κ1) is 16.3. The summed E-state index contributed by atoms with van der Waals surface area (Å²) in [6.45, 7) is 5.11. The fourth-order valence-corrected chi connectivity index (χ4v) is 4.04. The Labute approximate surface area is 146 Å². The Balaban J connectivity index is 2.18. The lowest BCUT2D eigenvalue weighted by atomic mass is 9.89. The SMILES string of the molecule is Cc1cccc(C)c1C(c1ccccc1Br)N1CCCCC1=O. The van der Waals surface area contributed by atoms with Crippen LogP contribution in [0.4, 0.5) is 0 Å². The van der Waals surface area contributed by atoms with Gasteiger partial charge in [-0.15, -0.1) is 0 Å². The molecule has 0 spiro atoms. The molecule has 23 heavy (non-hydrogen) atoms. The quantitative estimate of drug-likeness (QED) is 0.728. The maximum atomic E-state index is 12.6. The predicted octanol–water partition coefficient (Wildman–Crippen LogP) is 5.17. The van der Waals surface area contributed by atoms with Crippen molar-refractivity contribution in [1.29, 1.82) is 0 Å². The highest BCUT2D eigenvalue weighted by atomic mass is 79.9. The van der Waals surface area contributed by atoms with E-state index in [4.69, 9.17) is 0 Å². The van der Waals surface area contributed by atoms with Gasteiger partial charge in [-0.2, -0.15) is 0 Å². The highest BCUT2D eigenvalue weighted by Crippen LogP contribution is 2.38. The summed E-state index contributed by atoms with van der Waals surface area (Å²) in [5.41, 5.74) is 4.91. The zero-order valence-electron chi connectivity index (χ0n) is 13.7. The van der Waals surface area contributed by atoms with Crippen molar-refractivity contribution in [2.45, 2.75) is 39.2 Å². The van der Waals surface area contributed by atoms with E-state index in [9.17, 15) is 4.79 Å². The number of nitrogens with zero attached hydrogens (tertiary/aromatic N) is 1. The summed E-state index contributed by atoms with van der Waals surface area (Å²) in [7, 11) is 0. The molecule has 1 amide bonds. The normalized spacial score (nSPS) is 16.5. The minimum Gasteiger partial charge on any atom is -0.331 e. The third-order valence-electron chi connectivity index (χ3n) is 4.69. The van der Waals surface area contributed by atoms with Crippen LogP contribution in [0.15, 0.2) is 46.9 Å². The Bertz CT molecular complexity index is 705. The van der Waals surface area contributed by atoms with Crippen LogP contribution in [0.3, 0.4) is 0 Å². The van der Waals surface area contributed by atoms with Crippen LogP contribution in [-0.4, -0.2) is 17.4 Å². The first-order valence-corrected chi connectivity index (χ1v) is 8.99. The average molecular weight is 372 g/mol. The minimum atomic E-state index is -0.0143. The topological polar surface area (TPSA) is 20.3 Å². The van der Waals surface area contributed by atoms with Gasteiger partial charge in [0.05, 0.1) is 6.04 Å². The third-order valence-corrected chi connectivity index (χ3v) is 5.41. The maximum Gasteiger partial charge on any atom is 0.223 e. The van der Waals surface area contributed by atoms with Crippen molar-refractivity contribution >= 4 is 21.8 Å². The van der Waals surface area contributed by atoms with Crippen LogP contribution in [0.2, 0.25) is 0 Å². The number of amides is 1. The van der Waals surface area contributed by atoms with Gasteiger partial charge >= 0.3 is 0 Å². The molecule has 1 aliphatic rings. The highest BCUT2D eigenvalue weighted by molar-refractivity contribution is 9.10. The molecule has 0 saturated carbocycles. The smallest absolute Gasteiger partial charge is 0.223 e. The summed E-state index contributed by atoms with van der Waals surface area (Å²) in [5.74, 6) is 0.264. The molecule has 0 N–H and O–H groups in total. The molecule has 0 bridgehead atoms. The van der Waals surface area contributed by atoms with Crippen molar-refractivity contribution in [1.82, 2.24) is 4.90 Å². The molecule has 3 rings (SSSR count). The second-order valence-corrected chi connectivity index (χ2v) is 7.13. The Hall–Kier alpha value is -1.61. The molecule has 120 valence electrons. The van der Waals surface area contributed by atoms with Crippen molar-refractivity contribution in [2.24, 2.45) is 0 Å². The molecule has 2 aromatic carbocycles. The number of likely N-dealkylation sites (tertiary alicyclic amines) is 1. The van der Waals surface area contributed by atoms with Crippen LogP contribution in [0.5, 0.6) is 0 Å². The van der Waals surface area contributed by atoms with E-state index in [0.29, 0.717) is 6.42 Å². The molecule has 2 aromatic rings. The van der Waals surface area contributed by atoms with E-state index < -0.39 is 0 Å². The molecule has 0 aromatic heterocycles. The van der Waals surface area contributed by atoms with Crippen molar-refractivity contribution in [3.8, 4) is 0 Å². The molecule has 1 aliphatic heterocycles. The Kier molecular flexibility index (Phi) is 4.86. The number of piperidine rings is 1. The molecule has 1 fully saturated rings. The van der Waals surface area contributed by atoms with Crippen LogP contribution in [-0.2, 0) is 4.79 Å². The fraction of sp³-hybridized carbons (Fsp3) is 0.350. The van der Waals surface area contributed by atoms with Gasteiger partial charge in [0.2, 0.25) is 5.91 Å². The molecule has 0 aliphatic carbocycles. The van der Waals surface area contributed by atoms with Gasteiger partial charge in [0, 0.05) is 17.4 Å². The number of hydrogen-bond acceptors (Lipinski definition) is 1. The molecule has 1 saturated heterocycles. The molecule has 1 unspecified atom stereocenters. The molecule has 3 heteroatoms. The number of halogens is 1. The predicted molar refractivity (Wildman–Crippen MR) is 97.5 cm³/mol. The average Bonchev–Trinajstić information content (AvgIpc) is 2.53. The third kappa shape index (κ3) is 3.20. The highest BCUT2D eigenvalue weighted by Gasteiger charge is 2.31. The lowest BCUT2D eigenvalue weighted by Gasteiger charge is -2.37. The van der Waals surface area contributed by atoms with Gasteiger partial charge in [-0.1, -0.05) is 52.3 Å².